The van der Waals surface area contributed by atoms with Gasteiger partial charge in [-0.15, -0.1) is 0 Å². The van der Waals surface area contributed by atoms with Crippen molar-refractivity contribution in [1.29, 1.82) is 0 Å². The Hall–Kier alpha value is -1.06. The summed E-state index contributed by atoms with van der Waals surface area (Å²) in [6, 6.07) is 0.157. The summed E-state index contributed by atoms with van der Waals surface area (Å²) >= 11 is 0. The minimum Gasteiger partial charge on any atom is -0.480 e. The van der Waals surface area contributed by atoms with Crippen molar-refractivity contribution in [1.82, 2.24) is 4.90 Å². The molecule has 0 aromatic heterocycles. The third-order valence-corrected chi connectivity index (χ3v) is 3.39. The highest BCUT2D eigenvalue weighted by molar-refractivity contribution is 5.81. The van der Waals surface area contributed by atoms with Crippen molar-refractivity contribution < 1.29 is 14.7 Å². The van der Waals surface area contributed by atoms with Crippen molar-refractivity contribution in [2.24, 2.45) is 0 Å². The van der Waals surface area contributed by atoms with Crippen LogP contribution in [0.1, 0.15) is 58.3 Å². The Balaban J connectivity index is 2.57. The molecule has 0 radical (unpaired) electrons. The molecule has 98 valence electrons. The Kier molecular flexibility index (Phi) is 6.01. The second-order valence-corrected chi connectivity index (χ2v) is 4.81. The van der Waals surface area contributed by atoms with E-state index in [4.69, 9.17) is 5.11 Å². The van der Waals surface area contributed by atoms with E-state index in [0.29, 0.717) is 6.42 Å². The quantitative estimate of drug-likeness (QED) is 0.777. The van der Waals surface area contributed by atoms with Crippen molar-refractivity contribution in [2.75, 3.05) is 6.54 Å². The SMILES string of the molecule is CCCCC(=O)N(CC(=O)O)C1CCCCC1. The average molecular weight is 241 g/mol. The standard InChI is InChI=1S/C13H23NO3/c1-2-3-9-12(15)14(10-13(16)17)11-7-5-4-6-8-11/h11H,2-10H2,1H3,(H,16,17). The summed E-state index contributed by atoms with van der Waals surface area (Å²) in [6.07, 6.45) is 7.67. The van der Waals surface area contributed by atoms with E-state index in [1.165, 1.54) is 6.42 Å². The number of carboxylic acid groups (broad SMARTS) is 1. The molecule has 0 aromatic carbocycles. The molecule has 1 amide bonds. The summed E-state index contributed by atoms with van der Waals surface area (Å²) in [4.78, 5) is 24.4. The smallest absolute Gasteiger partial charge is 0.323 e. The fourth-order valence-corrected chi connectivity index (χ4v) is 2.43. The van der Waals surface area contributed by atoms with E-state index >= 15 is 0 Å². The van der Waals surface area contributed by atoms with E-state index in [-0.39, 0.29) is 18.5 Å². The maximum absolute atomic E-state index is 12.0. The largest absolute Gasteiger partial charge is 0.480 e. The molecule has 0 aromatic rings. The fraction of sp³-hybridized carbons (Fsp3) is 0.846. The molecule has 1 rings (SSSR count). The molecule has 1 fully saturated rings. The van der Waals surface area contributed by atoms with Gasteiger partial charge in [0.25, 0.3) is 0 Å². The van der Waals surface area contributed by atoms with Crippen LogP contribution in [0, 0.1) is 0 Å². The first kappa shape index (κ1) is 14.0. The number of hydrogen-bond donors (Lipinski definition) is 1. The lowest BCUT2D eigenvalue weighted by Gasteiger charge is -2.33. The molecule has 0 spiro atoms. The van der Waals surface area contributed by atoms with Crippen LogP contribution in [0.5, 0.6) is 0 Å². The summed E-state index contributed by atoms with van der Waals surface area (Å²) in [5.41, 5.74) is 0. The van der Waals surface area contributed by atoms with Gasteiger partial charge in [0, 0.05) is 12.5 Å². The van der Waals surface area contributed by atoms with Crippen molar-refractivity contribution in [3.05, 3.63) is 0 Å². The Bertz CT molecular complexity index is 259. The van der Waals surface area contributed by atoms with E-state index in [2.05, 4.69) is 0 Å². The molecular weight excluding hydrogens is 218 g/mol. The minimum atomic E-state index is -0.902. The second-order valence-electron chi connectivity index (χ2n) is 4.81. The molecule has 1 N–H and O–H groups in total. The number of carbonyl (C=O) groups excluding carboxylic acids is 1. The van der Waals surface area contributed by atoms with E-state index in [9.17, 15) is 9.59 Å². The number of unbranched alkanes of at least 4 members (excludes halogenated alkanes) is 1. The number of carboxylic acids is 1. The lowest BCUT2D eigenvalue weighted by atomic mass is 9.94. The predicted molar refractivity (Wildman–Crippen MR) is 65.7 cm³/mol. The lowest BCUT2D eigenvalue weighted by Crippen LogP contribution is -2.44. The molecule has 0 unspecified atom stereocenters. The van der Waals surface area contributed by atoms with Gasteiger partial charge in [-0.25, -0.2) is 0 Å². The van der Waals surface area contributed by atoms with Crippen LogP contribution in [0.3, 0.4) is 0 Å². The molecule has 0 saturated heterocycles. The Labute approximate surface area is 103 Å². The number of hydrogen-bond acceptors (Lipinski definition) is 2. The van der Waals surface area contributed by atoms with Crippen molar-refractivity contribution in [3.63, 3.8) is 0 Å². The highest BCUT2D eigenvalue weighted by atomic mass is 16.4. The Morgan fingerprint density at radius 1 is 1.24 bits per heavy atom. The zero-order chi connectivity index (χ0) is 12.7. The summed E-state index contributed by atoms with van der Waals surface area (Å²) in [5.74, 6) is -0.887. The van der Waals surface area contributed by atoms with Gasteiger partial charge in [-0.05, 0) is 19.3 Å². The number of rotatable bonds is 6. The highest BCUT2D eigenvalue weighted by Gasteiger charge is 2.26. The normalized spacial score (nSPS) is 16.8. The van der Waals surface area contributed by atoms with Crippen LogP contribution < -0.4 is 0 Å². The van der Waals surface area contributed by atoms with Gasteiger partial charge in [-0.1, -0.05) is 32.6 Å². The van der Waals surface area contributed by atoms with Crippen LogP contribution >= 0.6 is 0 Å². The molecule has 1 aliphatic carbocycles. The second kappa shape index (κ2) is 7.30. The molecule has 0 atom stereocenters. The van der Waals surface area contributed by atoms with Crippen molar-refractivity contribution in [3.8, 4) is 0 Å². The van der Waals surface area contributed by atoms with Gasteiger partial charge >= 0.3 is 5.97 Å². The van der Waals surface area contributed by atoms with Gasteiger partial charge in [-0.2, -0.15) is 0 Å². The third-order valence-electron chi connectivity index (χ3n) is 3.39. The molecule has 0 aliphatic heterocycles. The maximum Gasteiger partial charge on any atom is 0.323 e. The summed E-state index contributed by atoms with van der Waals surface area (Å²) in [6.45, 7) is 1.91. The zero-order valence-corrected chi connectivity index (χ0v) is 10.7. The van der Waals surface area contributed by atoms with Crippen LogP contribution in [0.25, 0.3) is 0 Å². The topological polar surface area (TPSA) is 57.6 Å². The molecule has 4 nitrogen and oxygen atoms in total. The van der Waals surface area contributed by atoms with Crippen LogP contribution in [-0.2, 0) is 9.59 Å². The number of carbonyl (C=O) groups is 2. The van der Waals surface area contributed by atoms with Crippen LogP contribution in [-0.4, -0.2) is 34.5 Å². The van der Waals surface area contributed by atoms with Crippen molar-refractivity contribution >= 4 is 11.9 Å². The first-order chi connectivity index (χ1) is 8.15. The van der Waals surface area contributed by atoms with Gasteiger partial charge in [0.1, 0.15) is 6.54 Å². The molecule has 4 heteroatoms. The van der Waals surface area contributed by atoms with Gasteiger partial charge in [-0.3, -0.25) is 9.59 Å². The van der Waals surface area contributed by atoms with E-state index in [1.807, 2.05) is 6.92 Å². The van der Waals surface area contributed by atoms with Gasteiger partial charge < -0.3 is 10.0 Å². The van der Waals surface area contributed by atoms with E-state index < -0.39 is 5.97 Å². The molecule has 0 heterocycles. The van der Waals surface area contributed by atoms with Gasteiger partial charge in [0.05, 0.1) is 0 Å². The first-order valence-electron chi connectivity index (χ1n) is 6.66. The molecule has 1 saturated carbocycles. The zero-order valence-electron chi connectivity index (χ0n) is 10.7. The highest BCUT2D eigenvalue weighted by Crippen LogP contribution is 2.23. The molecule has 1 aliphatic rings. The summed E-state index contributed by atoms with van der Waals surface area (Å²) in [5, 5.41) is 8.89. The maximum atomic E-state index is 12.0. The van der Waals surface area contributed by atoms with Crippen LogP contribution in [0.15, 0.2) is 0 Å². The summed E-state index contributed by atoms with van der Waals surface area (Å²) in [7, 11) is 0. The predicted octanol–water partition coefficient (Wildman–Crippen LogP) is 2.42. The number of aliphatic carboxylic acids is 1. The lowest BCUT2D eigenvalue weighted by molar-refractivity contribution is -0.146. The molecular formula is C13H23NO3. The minimum absolute atomic E-state index is 0.0150. The third kappa shape index (κ3) is 4.75. The molecule has 0 bridgehead atoms. The van der Waals surface area contributed by atoms with Gasteiger partial charge in [0.15, 0.2) is 0 Å². The fourth-order valence-electron chi connectivity index (χ4n) is 2.43. The molecule has 17 heavy (non-hydrogen) atoms. The summed E-state index contributed by atoms with van der Waals surface area (Å²) < 4.78 is 0. The first-order valence-corrected chi connectivity index (χ1v) is 6.66. The van der Waals surface area contributed by atoms with Gasteiger partial charge in [0.2, 0.25) is 5.91 Å². The van der Waals surface area contributed by atoms with Crippen molar-refractivity contribution in [2.45, 2.75) is 64.3 Å². The van der Waals surface area contributed by atoms with E-state index in [0.717, 1.165) is 38.5 Å². The number of amides is 1. The van der Waals surface area contributed by atoms with E-state index in [1.54, 1.807) is 4.90 Å². The number of nitrogens with zero attached hydrogens (tertiary/aromatic N) is 1. The van der Waals surface area contributed by atoms with Crippen LogP contribution in [0.4, 0.5) is 0 Å². The Morgan fingerprint density at radius 3 is 2.41 bits per heavy atom. The Morgan fingerprint density at radius 2 is 1.88 bits per heavy atom. The average Bonchev–Trinajstić information content (AvgIpc) is 2.34. The monoisotopic (exact) mass is 241 g/mol. The van der Waals surface area contributed by atoms with Crippen LogP contribution in [0.2, 0.25) is 0 Å².